The number of carbonyl (C=O) groups is 1. The third kappa shape index (κ3) is 3.02. The Morgan fingerprint density at radius 1 is 1.15 bits per heavy atom. The number of ketones is 1. The fourth-order valence-corrected chi connectivity index (χ4v) is 4.35. The summed E-state index contributed by atoms with van der Waals surface area (Å²) in [4.78, 5) is 12.8. The molecule has 0 radical (unpaired) electrons. The van der Waals surface area contributed by atoms with Crippen molar-refractivity contribution in [3.8, 4) is 11.5 Å². The molecule has 0 amide bonds. The van der Waals surface area contributed by atoms with Crippen molar-refractivity contribution in [2.24, 2.45) is 0 Å². The fourth-order valence-electron chi connectivity index (χ4n) is 3.95. The summed E-state index contributed by atoms with van der Waals surface area (Å²) >= 11 is 3.27. The Bertz CT molecular complexity index is 970. The summed E-state index contributed by atoms with van der Waals surface area (Å²) in [6.07, 6.45) is 2.15. The molecule has 0 saturated carbocycles. The molecule has 0 aromatic heterocycles. The first-order chi connectivity index (χ1) is 13.0. The van der Waals surface area contributed by atoms with Crippen molar-refractivity contribution in [1.29, 1.82) is 0 Å². The minimum absolute atomic E-state index is 0.123. The number of rotatable bonds is 3. The maximum absolute atomic E-state index is 13.8. The lowest BCUT2D eigenvalue weighted by Gasteiger charge is -2.35. The molecular formula is C21H19BrFNO3. The zero-order valence-corrected chi connectivity index (χ0v) is 16.7. The number of hydrogen-bond donors (Lipinski definition) is 1. The van der Waals surface area contributed by atoms with Gasteiger partial charge < -0.3 is 14.8 Å². The lowest BCUT2D eigenvalue weighted by molar-refractivity contribution is -0.116. The average molecular weight is 432 g/mol. The van der Waals surface area contributed by atoms with E-state index in [4.69, 9.17) is 9.47 Å². The minimum Gasteiger partial charge on any atom is -0.497 e. The molecule has 1 atom stereocenters. The number of halogens is 2. The number of hydrogen-bond acceptors (Lipinski definition) is 4. The zero-order valence-electron chi connectivity index (χ0n) is 15.1. The molecule has 140 valence electrons. The van der Waals surface area contributed by atoms with Gasteiger partial charge in [-0.05, 0) is 46.5 Å². The minimum atomic E-state index is -0.334. The maximum Gasteiger partial charge on any atom is 0.161 e. The molecule has 2 aromatic rings. The van der Waals surface area contributed by atoms with Crippen LogP contribution in [0.25, 0.3) is 0 Å². The molecule has 0 saturated heterocycles. The molecule has 0 unspecified atom stereocenters. The number of anilines is 1. The summed E-state index contributed by atoms with van der Waals surface area (Å²) in [7, 11) is 3.20. The van der Waals surface area contributed by atoms with Crippen molar-refractivity contribution < 1.29 is 18.7 Å². The topological polar surface area (TPSA) is 47.6 Å². The van der Waals surface area contributed by atoms with Gasteiger partial charge in [0.2, 0.25) is 0 Å². The molecule has 0 fully saturated rings. The summed E-state index contributed by atoms with van der Waals surface area (Å²) < 4.78 is 25.2. The molecule has 1 N–H and O–H groups in total. The molecule has 1 heterocycles. The second-order valence-electron chi connectivity index (χ2n) is 6.69. The van der Waals surface area contributed by atoms with E-state index in [1.165, 1.54) is 6.07 Å². The highest BCUT2D eigenvalue weighted by Crippen LogP contribution is 2.50. The van der Waals surface area contributed by atoms with E-state index in [0.717, 1.165) is 40.9 Å². The van der Waals surface area contributed by atoms with Crippen LogP contribution in [0, 0.1) is 5.82 Å². The number of allylic oxidation sites excluding steroid dienone is 2. The first-order valence-corrected chi connectivity index (χ1v) is 9.57. The van der Waals surface area contributed by atoms with Gasteiger partial charge in [-0.2, -0.15) is 0 Å². The first-order valence-electron chi connectivity index (χ1n) is 8.77. The van der Waals surface area contributed by atoms with E-state index in [0.29, 0.717) is 22.4 Å². The van der Waals surface area contributed by atoms with Gasteiger partial charge in [0.1, 0.15) is 17.3 Å². The van der Waals surface area contributed by atoms with Crippen LogP contribution in [0.3, 0.4) is 0 Å². The quantitative estimate of drug-likeness (QED) is 0.727. The number of carbonyl (C=O) groups excluding carboxylic acids is 1. The van der Waals surface area contributed by atoms with Crippen molar-refractivity contribution >= 4 is 27.4 Å². The van der Waals surface area contributed by atoms with Crippen LogP contribution in [0.2, 0.25) is 0 Å². The summed E-state index contributed by atoms with van der Waals surface area (Å²) in [6, 6.07) is 8.61. The zero-order chi connectivity index (χ0) is 19.1. The lowest BCUT2D eigenvalue weighted by Crippen LogP contribution is -2.27. The molecule has 0 spiro atoms. The highest BCUT2D eigenvalue weighted by molar-refractivity contribution is 9.10. The number of nitrogens with one attached hydrogen (secondary N) is 1. The Balaban J connectivity index is 1.99. The van der Waals surface area contributed by atoms with E-state index in [9.17, 15) is 9.18 Å². The molecule has 27 heavy (non-hydrogen) atoms. The number of fused-ring (bicyclic) bond motifs is 1. The third-order valence-electron chi connectivity index (χ3n) is 5.17. The Labute approximate surface area is 165 Å². The average Bonchev–Trinajstić information content (AvgIpc) is 2.67. The second-order valence-corrected chi connectivity index (χ2v) is 7.55. The van der Waals surface area contributed by atoms with E-state index in [1.54, 1.807) is 26.4 Å². The normalized spacial score (nSPS) is 18.5. The van der Waals surface area contributed by atoms with Crippen LogP contribution in [0.4, 0.5) is 10.1 Å². The fraction of sp³-hybridized carbons (Fsp3) is 0.286. The number of methoxy groups -OCH3 is 2. The van der Waals surface area contributed by atoms with Crippen molar-refractivity contribution in [2.45, 2.75) is 25.2 Å². The largest absolute Gasteiger partial charge is 0.497 e. The van der Waals surface area contributed by atoms with Crippen LogP contribution in [-0.2, 0) is 4.79 Å². The summed E-state index contributed by atoms with van der Waals surface area (Å²) in [5, 5.41) is 3.42. The summed E-state index contributed by atoms with van der Waals surface area (Å²) in [6.45, 7) is 0. The number of ether oxygens (including phenoxy) is 2. The van der Waals surface area contributed by atoms with Crippen LogP contribution in [-0.4, -0.2) is 20.0 Å². The van der Waals surface area contributed by atoms with Gasteiger partial charge in [-0.1, -0.05) is 6.07 Å². The predicted octanol–water partition coefficient (Wildman–Crippen LogP) is 5.17. The monoisotopic (exact) mass is 431 g/mol. The van der Waals surface area contributed by atoms with Crippen LogP contribution < -0.4 is 14.8 Å². The standard InChI is InChI=1S/C21H19BrFNO3/c1-26-12-9-16-21(18(10-12)27-2)19(11-6-7-14(23)13(22)8-11)20-15(24-16)4-3-5-17(20)25/h6-10,19,24H,3-5H2,1-2H3/t19-/m0/s1. The van der Waals surface area contributed by atoms with Crippen molar-refractivity contribution in [2.75, 3.05) is 19.5 Å². The summed E-state index contributed by atoms with van der Waals surface area (Å²) in [5.41, 5.74) is 4.24. The molecule has 2 aromatic carbocycles. The third-order valence-corrected chi connectivity index (χ3v) is 5.77. The molecule has 1 aliphatic heterocycles. The van der Waals surface area contributed by atoms with Gasteiger partial charge in [0, 0.05) is 47.0 Å². The van der Waals surface area contributed by atoms with E-state index < -0.39 is 0 Å². The van der Waals surface area contributed by atoms with E-state index in [2.05, 4.69) is 21.2 Å². The molecule has 2 aliphatic rings. The Morgan fingerprint density at radius 3 is 2.67 bits per heavy atom. The summed E-state index contributed by atoms with van der Waals surface area (Å²) in [5.74, 6) is 0.772. The van der Waals surface area contributed by atoms with Gasteiger partial charge in [0.05, 0.1) is 18.7 Å². The SMILES string of the molecule is COc1cc2c(c(OC)c1)[C@@H](c1ccc(F)c(Br)c1)C1=C(CCCC1=O)N2. The number of benzene rings is 2. The Hall–Kier alpha value is -2.34. The van der Waals surface area contributed by atoms with Gasteiger partial charge in [0.15, 0.2) is 5.78 Å². The van der Waals surface area contributed by atoms with Gasteiger partial charge in [0.25, 0.3) is 0 Å². The molecule has 4 rings (SSSR count). The molecule has 4 nitrogen and oxygen atoms in total. The molecule has 0 bridgehead atoms. The van der Waals surface area contributed by atoms with Gasteiger partial charge in [-0.15, -0.1) is 0 Å². The predicted molar refractivity (Wildman–Crippen MR) is 105 cm³/mol. The number of Topliss-reactive ketones (excluding diaryl/α,β-unsaturated/α-hetero) is 1. The van der Waals surface area contributed by atoms with Crippen LogP contribution in [0.5, 0.6) is 11.5 Å². The maximum atomic E-state index is 13.8. The molecular weight excluding hydrogens is 413 g/mol. The Morgan fingerprint density at radius 2 is 1.96 bits per heavy atom. The smallest absolute Gasteiger partial charge is 0.161 e. The van der Waals surface area contributed by atoms with Gasteiger partial charge in [-0.3, -0.25) is 4.79 Å². The van der Waals surface area contributed by atoms with E-state index >= 15 is 0 Å². The van der Waals surface area contributed by atoms with Crippen molar-refractivity contribution in [3.05, 3.63) is 63.0 Å². The van der Waals surface area contributed by atoms with Crippen molar-refractivity contribution in [1.82, 2.24) is 0 Å². The van der Waals surface area contributed by atoms with Crippen LogP contribution in [0.1, 0.15) is 36.3 Å². The van der Waals surface area contributed by atoms with Gasteiger partial charge >= 0.3 is 0 Å². The van der Waals surface area contributed by atoms with E-state index in [1.807, 2.05) is 12.1 Å². The van der Waals surface area contributed by atoms with Crippen LogP contribution >= 0.6 is 15.9 Å². The molecule has 6 heteroatoms. The second kappa shape index (κ2) is 7.00. The first kappa shape index (κ1) is 18.0. The molecule has 1 aliphatic carbocycles. The van der Waals surface area contributed by atoms with Crippen LogP contribution in [0.15, 0.2) is 46.1 Å². The lowest BCUT2D eigenvalue weighted by atomic mass is 9.75. The van der Waals surface area contributed by atoms with Crippen molar-refractivity contribution in [3.63, 3.8) is 0 Å². The van der Waals surface area contributed by atoms with Gasteiger partial charge in [-0.25, -0.2) is 4.39 Å². The highest BCUT2D eigenvalue weighted by Gasteiger charge is 2.37. The van der Waals surface area contributed by atoms with E-state index in [-0.39, 0.29) is 17.5 Å². The Kier molecular flexibility index (Phi) is 4.68. The highest BCUT2D eigenvalue weighted by atomic mass is 79.9.